The lowest BCUT2D eigenvalue weighted by molar-refractivity contribution is 0.0709. The first-order valence-electron chi connectivity index (χ1n) is 5.39. The largest absolute Gasteiger partial charge is 0.399 e. The van der Waals surface area contributed by atoms with E-state index in [-0.39, 0.29) is 5.91 Å². The topological polar surface area (TPSA) is 101 Å². The van der Waals surface area contributed by atoms with E-state index in [4.69, 9.17) is 11.5 Å². The van der Waals surface area contributed by atoms with Crippen molar-refractivity contribution in [3.8, 4) is 0 Å². The van der Waals surface area contributed by atoms with E-state index in [1.165, 1.54) is 0 Å². The van der Waals surface area contributed by atoms with Crippen LogP contribution in [-0.2, 0) is 0 Å². The van der Waals surface area contributed by atoms with E-state index in [2.05, 4.69) is 5.32 Å². The molecule has 1 aromatic rings. The quantitative estimate of drug-likeness (QED) is 0.582. The van der Waals surface area contributed by atoms with Gasteiger partial charge in [0.15, 0.2) is 0 Å². The van der Waals surface area contributed by atoms with E-state index in [0.717, 1.165) is 0 Å². The van der Waals surface area contributed by atoms with Crippen LogP contribution in [-0.4, -0.2) is 22.7 Å². The molecule has 6 N–H and O–H groups in total. The molecule has 0 aromatic heterocycles. The lowest BCUT2D eigenvalue weighted by Crippen LogP contribution is -2.51. The van der Waals surface area contributed by atoms with Crippen molar-refractivity contribution in [1.82, 2.24) is 5.32 Å². The highest BCUT2D eigenvalue weighted by Crippen LogP contribution is 2.15. The van der Waals surface area contributed by atoms with Crippen LogP contribution in [0.15, 0.2) is 18.2 Å². The van der Waals surface area contributed by atoms with Gasteiger partial charge in [0.1, 0.15) is 0 Å². The number of hydrogen-bond acceptors (Lipinski definition) is 4. The summed E-state index contributed by atoms with van der Waals surface area (Å²) in [5.74, 6) is -0.310. The monoisotopic (exact) mass is 237 g/mol. The molecule has 0 saturated carbocycles. The summed E-state index contributed by atoms with van der Waals surface area (Å²) in [6, 6.07) is 4.67. The van der Waals surface area contributed by atoms with E-state index in [0.29, 0.717) is 16.9 Å². The summed E-state index contributed by atoms with van der Waals surface area (Å²) >= 11 is 0. The van der Waals surface area contributed by atoms with E-state index in [1.54, 1.807) is 39.0 Å². The van der Waals surface area contributed by atoms with Crippen molar-refractivity contribution >= 4 is 17.3 Å². The molecule has 94 valence electrons. The van der Waals surface area contributed by atoms with E-state index in [9.17, 15) is 9.90 Å². The average Bonchev–Trinajstić information content (AvgIpc) is 2.15. The fourth-order valence-corrected chi connectivity index (χ4v) is 1.28. The SMILES string of the molecule is CC(O)C(C)(C)NC(=O)c1cc(N)cc(N)c1. The third kappa shape index (κ3) is 3.35. The Morgan fingerprint density at radius 1 is 1.29 bits per heavy atom. The minimum absolute atomic E-state index is 0.310. The molecule has 5 nitrogen and oxygen atoms in total. The maximum absolute atomic E-state index is 11.9. The number of aliphatic hydroxyl groups is 1. The second-order valence-electron chi connectivity index (χ2n) is 4.74. The number of aliphatic hydroxyl groups excluding tert-OH is 1. The Hall–Kier alpha value is -1.75. The van der Waals surface area contributed by atoms with Gasteiger partial charge in [-0.25, -0.2) is 0 Å². The van der Waals surface area contributed by atoms with Gasteiger partial charge in [0.25, 0.3) is 5.91 Å². The first kappa shape index (κ1) is 13.3. The number of benzene rings is 1. The second kappa shape index (κ2) is 4.63. The van der Waals surface area contributed by atoms with Crippen LogP contribution in [0.3, 0.4) is 0 Å². The Kier molecular flexibility index (Phi) is 3.63. The van der Waals surface area contributed by atoms with Gasteiger partial charge < -0.3 is 21.9 Å². The van der Waals surface area contributed by atoms with Gasteiger partial charge in [-0.15, -0.1) is 0 Å². The zero-order chi connectivity index (χ0) is 13.2. The number of nitrogen functional groups attached to an aromatic ring is 2. The number of amides is 1. The molecule has 1 rings (SSSR count). The molecular formula is C12H19N3O2. The number of nitrogens with two attached hydrogens (primary N) is 2. The minimum Gasteiger partial charge on any atom is -0.399 e. The van der Waals surface area contributed by atoms with Gasteiger partial charge in [-0.2, -0.15) is 0 Å². The molecule has 17 heavy (non-hydrogen) atoms. The summed E-state index contributed by atoms with van der Waals surface area (Å²) < 4.78 is 0. The Labute approximate surface area is 101 Å². The maximum atomic E-state index is 11.9. The molecule has 5 heteroatoms. The Morgan fingerprint density at radius 3 is 2.18 bits per heavy atom. The standard InChI is InChI=1S/C12H19N3O2/c1-7(16)12(2,3)15-11(17)8-4-9(13)6-10(14)5-8/h4-7,16H,13-14H2,1-3H3,(H,15,17). The van der Waals surface area contributed by atoms with Crippen molar-refractivity contribution in [3.63, 3.8) is 0 Å². The summed E-state index contributed by atoms with van der Waals surface area (Å²) in [6.07, 6.45) is -0.662. The average molecular weight is 237 g/mol. The Balaban J connectivity index is 2.91. The van der Waals surface area contributed by atoms with Crippen LogP contribution >= 0.6 is 0 Å². The third-order valence-electron chi connectivity index (χ3n) is 2.72. The molecule has 0 radical (unpaired) electrons. The van der Waals surface area contributed by atoms with Crippen molar-refractivity contribution in [2.75, 3.05) is 11.5 Å². The molecule has 1 amide bonds. The summed E-state index contributed by atoms with van der Waals surface area (Å²) in [5.41, 5.74) is 11.8. The molecule has 1 aromatic carbocycles. The number of carbonyl (C=O) groups excluding carboxylic acids is 1. The van der Waals surface area contributed by atoms with Crippen LogP contribution in [0, 0.1) is 0 Å². The predicted octanol–water partition coefficient (Wildman–Crippen LogP) is 0.740. The number of nitrogens with one attached hydrogen (secondary N) is 1. The molecule has 0 spiro atoms. The first-order chi connectivity index (χ1) is 7.72. The fourth-order valence-electron chi connectivity index (χ4n) is 1.28. The summed E-state index contributed by atoms with van der Waals surface area (Å²) in [5, 5.41) is 12.2. The summed E-state index contributed by atoms with van der Waals surface area (Å²) in [4.78, 5) is 11.9. The van der Waals surface area contributed by atoms with Crippen molar-refractivity contribution in [1.29, 1.82) is 0 Å². The smallest absolute Gasteiger partial charge is 0.251 e. The van der Waals surface area contributed by atoms with Gasteiger partial charge in [0.05, 0.1) is 11.6 Å². The highest BCUT2D eigenvalue weighted by atomic mass is 16.3. The van der Waals surface area contributed by atoms with Crippen LogP contribution in [0.5, 0.6) is 0 Å². The zero-order valence-electron chi connectivity index (χ0n) is 10.3. The molecule has 0 saturated heterocycles. The van der Waals surface area contributed by atoms with Gasteiger partial charge in [0, 0.05) is 16.9 Å². The van der Waals surface area contributed by atoms with Gasteiger partial charge in [0.2, 0.25) is 0 Å². The fraction of sp³-hybridized carbons (Fsp3) is 0.417. The van der Waals surface area contributed by atoms with Crippen LogP contribution in [0.4, 0.5) is 11.4 Å². The van der Waals surface area contributed by atoms with Gasteiger partial charge >= 0.3 is 0 Å². The molecule has 0 aliphatic heterocycles. The molecular weight excluding hydrogens is 218 g/mol. The highest BCUT2D eigenvalue weighted by Gasteiger charge is 2.26. The van der Waals surface area contributed by atoms with Crippen LogP contribution in [0.2, 0.25) is 0 Å². The lowest BCUT2D eigenvalue weighted by Gasteiger charge is -2.29. The zero-order valence-corrected chi connectivity index (χ0v) is 10.3. The van der Waals surface area contributed by atoms with Crippen molar-refractivity contribution < 1.29 is 9.90 Å². The molecule has 0 bridgehead atoms. The summed E-state index contributed by atoms with van der Waals surface area (Å²) in [6.45, 7) is 5.10. The maximum Gasteiger partial charge on any atom is 0.251 e. The van der Waals surface area contributed by atoms with E-state index < -0.39 is 11.6 Å². The van der Waals surface area contributed by atoms with E-state index in [1.807, 2.05) is 0 Å². The van der Waals surface area contributed by atoms with Gasteiger partial charge in [-0.1, -0.05) is 0 Å². The predicted molar refractivity (Wildman–Crippen MR) is 68.5 cm³/mol. The lowest BCUT2D eigenvalue weighted by atomic mass is 9.98. The first-order valence-corrected chi connectivity index (χ1v) is 5.39. The molecule has 0 fully saturated rings. The Bertz CT molecular complexity index is 408. The molecule has 0 aliphatic carbocycles. The summed E-state index contributed by atoms with van der Waals surface area (Å²) in [7, 11) is 0. The van der Waals surface area contributed by atoms with Crippen LogP contribution < -0.4 is 16.8 Å². The number of hydrogen-bond donors (Lipinski definition) is 4. The van der Waals surface area contributed by atoms with Crippen LogP contribution in [0.1, 0.15) is 31.1 Å². The molecule has 0 heterocycles. The van der Waals surface area contributed by atoms with Crippen molar-refractivity contribution in [3.05, 3.63) is 23.8 Å². The normalized spacial score (nSPS) is 13.2. The minimum atomic E-state index is -0.712. The van der Waals surface area contributed by atoms with Gasteiger partial charge in [-0.05, 0) is 39.0 Å². The second-order valence-corrected chi connectivity index (χ2v) is 4.74. The van der Waals surface area contributed by atoms with Crippen molar-refractivity contribution in [2.45, 2.75) is 32.4 Å². The third-order valence-corrected chi connectivity index (χ3v) is 2.72. The number of carbonyl (C=O) groups is 1. The molecule has 1 unspecified atom stereocenters. The molecule has 0 aliphatic rings. The number of rotatable bonds is 3. The molecule has 1 atom stereocenters. The van der Waals surface area contributed by atoms with Gasteiger partial charge in [-0.3, -0.25) is 4.79 Å². The highest BCUT2D eigenvalue weighted by molar-refractivity contribution is 5.96. The van der Waals surface area contributed by atoms with E-state index >= 15 is 0 Å². The van der Waals surface area contributed by atoms with Crippen molar-refractivity contribution in [2.24, 2.45) is 0 Å². The van der Waals surface area contributed by atoms with Crippen LogP contribution in [0.25, 0.3) is 0 Å². The Morgan fingerprint density at radius 2 is 1.76 bits per heavy atom. The number of anilines is 2.